The van der Waals surface area contributed by atoms with Gasteiger partial charge in [-0.05, 0) is 24.3 Å². The van der Waals surface area contributed by atoms with Crippen molar-refractivity contribution in [1.82, 2.24) is 20.1 Å². The number of aromatic nitrogens is 3. The molecular weight excluding hydrogens is 398 g/mol. The molecule has 0 bridgehead atoms. The molecule has 4 rings (SSSR count). The average Bonchev–Trinajstić information content (AvgIpc) is 3.44. The second-order valence-electron chi connectivity index (χ2n) is 6.07. The lowest BCUT2D eigenvalue weighted by Crippen LogP contribution is -2.49. The third-order valence-electron chi connectivity index (χ3n) is 4.38. The van der Waals surface area contributed by atoms with E-state index in [2.05, 4.69) is 20.1 Å². The standard InChI is InChI=1S/C18H19N5O3S2/c1-25-14-4-2-13(3-5-14)16-20-21-18(26-16)28-12-15(24)22-7-9-23(10-8-22)17-19-6-11-27-17/h2-6,11H,7-10,12H2,1H3. The number of piperazine rings is 1. The number of ether oxygens (including phenoxy) is 1. The van der Waals surface area contributed by atoms with Crippen molar-refractivity contribution in [2.75, 3.05) is 43.9 Å². The zero-order valence-electron chi connectivity index (χ0n) is 15.3. The molecule has 3 aromatic rings. The molecular formula is C18H19N5O3S2. The zero-order valence-corrected chi connectivity index (χ0v) is 16.9. The summed E-state index contributed by atoms with van der Waals surface area (Å²) < 4.78 is 10.8. The number of thioether (sulfide) groups is 1. The third-order valence-corrected chi connectivity index (χ3v) is 6.02. The van der Waals surface area contributed by atoms with Crippen LogP contribution < -0.4 is 9.64 Å². The third kappa shape index (κ3) is 4.28. The number of hydrogen-bond donors (Lipinski definition) is 0. The lowest BCUT2D eigenvalue weighted by atomic mass is 10.2. The summed E-state index contributed by atoms with van der Waals surface area (Å²) >= 11 is 2.89. The zero-order chi connectivity index (χ0) is 19.3. The summed E-state index contributed by atoms with van der Waals surface area (Å²) in [5, 5.41) is 11.5. The summed E-state index contributed by atoms with van der Waals surface area (Å²) in [6, 6.07) is 7.38. The van der Waals surface area contributed by atoms with Crippen molar-refractivity contribution < 1.29 is 13.9 Å². The van der Waals surface area contributed by atoms with E-state index < -0.39 is 0 Å². The Morgan fingerprint density at radius 3 is 2.68 bits per heavy atom. The Balaban J connectivity index is 1.27. The second-order valence-corrected chi connectivity index (χ2v) is 7.87. The summed E-state index contributed by atoms with van der Waals surface area (Å²) in [5.74, 6) is 1.54. The number of amides is 1. The summed E-state index contributed by atoms with van der Waals surface area (Å²) in [5.41, 5.74) is 0.810. The Kier molecular flexibility index (Phi) is 5.77. The fraction of sp³-hybridized carbons (Fsp3) is 0.333. The Morgan fingerprint density at radius 1 is 1.21 bits per heavy atom. The minimum Gasteiger partial charge on any atom is -0.497 e. The molecule has 2 aromatic heterocycles. The van der Waals surface area contributed by atoms with Gasteiger partial charge in [0.2, 0.25) is 11.8 Å². The van der Waals surface area contributed by atoms with Crippen molar-refractivity contribution in [2.45, 2.75) is 5.22 Å². The van der Waals surface area contributed by atoms with Crippen LogP contribution >= 0.6 is 23.1 Å². The van der Waals surface area contributed by atoms with E-state index in [4.69, 9.17) is 9.15 Å². The van der Waals surface area contributed by atoms with Crippen molar-refractivity contribution in [3.63, 3.8) is 0 Å². The van der Waals surface area contributed by atoms with E-state index in [1.807, 2.05) is 34.5 Å². The van der Waals surface area contributed by atoms with Gasteiger partial charge in [0.05, 0.1) is 12.9 Å². The predicted octanol–water partition coefficient (Wildman–Crippen LogP) is 2.64. The number of carbonyl (C=O) groups excluding carboxylic acids is 1. The molecule has 0 N–H and O–H groups in total. The van der Waals surface area contributed by atoms with Gasteiger partial charge in [-0.2, -0.15) is 0 Å². The molecule has 0 spiro atoms. The number of methoxy groups -OCH3 is 1. The van der Waals surface area contributed by atoms with Crippen LogP contribution in [0.1, 0.15) is 0 Å². The molecule has 1 saturated heterocycles. The van der Waals surface area contributed by atoms with Gasteiger partial charge in [-0.15, -0.1) is 21.5 Å². The van der Waals surface area contributed by atoms with Crippen LogP contribution in [0.4, 0.5) is 5.13 Å². The largest absolute Gasteiger partial charge is 0.497 e. The van der Waals surface area contributed by atoms with Crippen LogP contribution in [0.3, 0.4) is 0 Å². The van der Waals surface area contributed by atoms with Crippen LogP contribution in [0.2, 0.25) is 0 Å². The highest BCUT2D eigenvalue weighted by Gasteiger charge is 2.23. The van der Waals surface area contributed by atoms with Crippen molar-refractivity contribution >= 4 is 34.1 Å². The molecule has 28 heavy (non-hydrogen) atoms. The molecule has 0 unspecified atom stereocenters. The van der Waals surface area contributed by atoms with Gasteiger partial charge in [-0.1, -0.05) is 11.8 Å². The summed E-state index contributed by atoms with van der Waals surface area (Å²) in [4.78, 5) is 20.9. The van der Waals surface area contributed by atoms with Crippen molar-refractivity contribution in [1.29, 1.82) is 0 Å². The van der Waals surface area contributed by atoms with E-state index in [1.54, 1.807) is 24.6 Å². The highest BCUT2D eigenvalue weighted by atomic mass is 32.2. The Morgan fingerprint density at radius 2 is 2.00 bits per heavy atom. The van der Waals surface area contributed by atoms with Crippen LogP contribution in [0, 0.1) is 0 Å². The molecule has 10 heteroatoms. The molecule has 146 valence electrons. The number of rotatable bonds is 6. The number of hydrogen-bond acceptors (Lipinski definition) is 9. The first-order valence-electron chi connectivity index (χ1n) is 8.76. The van der Waals surface area contributed by atoms with Gasteiger partial charge in [-0.3, -0.25) is 4.79 Å². The van der Waals surface area contributed by atoms with Crippen molar-refractivity contribution in [2.24, 2.45) is 0 Å². The van der Waals surface area contributed by atoms with Crippen molar-refractivity contribution in [3.8, 4) is 17.2 Å². The topological polar surface area (TPSA) is 84.6 Å². The molecule has 1 aliphatic rings. The minimum absolute atomic E-state index is 0.0768. The Bertz CT molecular complexity index is 906. The smallest absolute Gasteiger partial charge is 0.277 e. The normalized spacial score (nSPS) is 14.3. The van der Waals surface area contributed by atoms with E-state index in [9.17, 15) is 4.79 Å². The van der Waals surface area contributed by atoms with Gasteiger partial charge in [0.1, 0.15) is 5.75 Å². The average molecular weight is 418 g/mol. The van der Waals surface area contributed by atoms with E-state index in [1.165, 1.54) is 11.8 Å². The van der Waals surface area contributed by atoms with Crippen LogP contribution in [-0.4, -0.2) is 65.0 Å². The monoisotopic (exact) mass is 417 g/mol. The van der Waals surface area contributed by atoms with Crippen LogP contribution in [-0.2, 0) is 4.79 Å². The maximum atomic E-state index is 12.5. The number of anilines is 1. The molecule has 0 aliphatic carbocycles. The Hall–Kier alpha value is -2.59. The first-order chi connectivity index (χ1) is 13.7. The van der Waals surface area contributed by atoms with Gasteiger partial charge in [0.25, 0.3) is 5.22 Å². The first-order valence-corrected chi connectivity index (χ1v) is 10.6. The Labute approximate surface area is 170 Å². The summed E-state index contributed by atoms with van der Waals surface area (Å²) in [7, 11) is 1.62. The lowest BCUT2D eigenvalue weighted by Gasteiger charge is -2.34. The molecule has 1 fully saturated rings. The van der Waals surface area contributed by atoms with Gasteiger partial charge < -0.3 is 19.0 Å². The van der Waals surface area contributed by atoms with E-state index >= 15 is 0 Å². The van der Waals surface area contributed by atoms with E-state index in [-0.39, 0.29) is 11.7 Å². The van der Waals surface area contributed by atoms with Gasteiger partial charge in [-0.25, -0.2) is 4.98 Å². The molecule has 0 saturated carbocycles. The summed E-state index contributed by atoms with van der Waals surface area (Å²) in [6.07, 6.45) is 1.80. The summed E-state index contributed by atoms with van der Waals surface area (Å²) in [6.45, 7) is 2.98. The van der Waals surface area contributed by atoms with Gasteiger partial charge in [0.15, 0.2) is 5.13 Å². The molecule has 1 amide bonds. The predicted molar refractivity (Wildman–Crippen MR) is 108 cm³/mol. The molecule has 0 radical (unpaired) electrons. The van der Waals surface area contributed by atoms with Crippen LogP contribution in [0.15, 0.2) is 45.5 Å². The van der Waals surface area contributed by atoms with Gasteiger partial charge >= 0.3 is 0 Å². The minimum atomic E-state index is 0.0768. The van der Waals surface area contributed by atoms with Gasteiger partial charge in [0, 0.05) is 43.3 Å². The fourth-order valence-electron chi connectivity index (χ4n) is 2.85. The molecule has 0 atom stereocenters. The van der Waals surface area contributed by atoms with E-state index in [0.29, 0.717) is 24.2 Å². The fourth-order valence-corrected chi connectivity index (χ4v) is 4.22. The number of carbonyl (C=O) groups is 1. The molecule has 3 heterocycles. The maximum Gasteiger partial charge on any atom is 0.277 e. The maximum absolute atomic E-state index is 12.5. The SMILES string of the molecule is COc1ccc(-c2nnc(SCC(=O)N3CCN(c4nccs4)CC3)o2)cc1. The van der Waals surface area contributed by atoms with Crippen LogP contribution in [0.5, 0.6) is 5.75 Å². The van der Waals surface area contributed by atoms with E-state index in [0.717, 1.165) is 29.5 Å². The molecule has 1 aliphatic heterocycles. The number of nitrogens with zero attached hydrogens (tertiary/aromatic N) is 5. The van der Waals surface area contributed by atoms with Crippen molar-refractivity contribution in [3.05, 3.63) is 35.8 Å². The lowest BCUT2D eigenvalue weighted by molar-refractivity contribution is -0.128. The van der Waals surface area contributed by atoms with Crippen LogP contribution in [0.25, 0.3) is 11.5 Å². The molecule has 8 nitrogen and oxygen atoms in total. The molecule has 1 aromatic carbocycles. The number of benzene rings is 1. The quantitative estimate of drug-likeness (QED) is 0.566. The number of thiazole rings is 1. The second kappa shape index (κ2) is 8.61. The highest BCUT2D eigenvalue weighted by molar-refractivity contribution is 7.99. The first kappa shape index (κ1) is 18.8. The highest BCUT2D eigenvalue weighted by Crippen LogP contribution is 2.25.